The summed E-state index contributed by atoms with van der Waals surface area (Å²) in [5, 5.41) is 4.34. The fourth-order valence-corrected chi connectivity index (χ4v) is 8.55. The quantitative estimate of drug-likeness (QED) is 0.174. The molecule has 0 unspecified atom stereocenters. The van der Waals surface area contributed by atoms with Gasteiger partial charge in [0, 0.05) is 39.5 Å². The highest BCUT2D eigenvalue weighted by Gasteiger charge is 2.47. The van der Waals surface area contributed by atoms with E-state index in [1.165, 1.54) is 27.8 Å². The molecule has 0 saturated heterocycles. The van der Waals surface area contributed by atoms with E-state index in [4.69, 9.17) is 15.0 Å². The number of nitrogens with zero attached hydrogens (tertiary/aromatic N) is 4. The van der Waals surface area contributed by atoms with Crippen LogP contribution in [-0.2, 0) is 5.41 Å². The van der Waals surface area contributed by atoms with Crippen molar-refractivity contribution >= 4 is 43.6 Å². The Balaban J connectivity index is 1.08. The summed E-state index contributed by atoms with van der Waals surface area (Å²) < 4.78 is 0. The largest absolute Gasteiger partial charge is 0.254 e. The summed E-state index contributed by atoms with van der Waals surface area (Å²) in [6.45, 7) is 0. The topological polar surface area (TPSA) is 51.6 Å². The van der Waals surface area contributed by atoms with Gasteiger partial charge in [-0.3, -0.25) is 9.97 Å². The van der Waals surface area contributed by atoms with Crippen molar-refractivity contribution in [3.05, 3.63) is 205 Å². The first kappa shape index (κ1) is 29.7. The van der Waals surface area contributed by atoms with E-state index in [-0.39, 0.29) is 0 Å². The van der Waals surface area contributed by atoms with Crippen LogP contribution in [0.5, 0.6) is 0 Å². The van der Waals surface area contributed by atoms with Gasteiger partial charge in [-0.25, -0.2) is 9.97 Å². The number of aromatic nitrogens is 4. The number of hydrogen-bond donors (Lipinski definition) is 0. The van der Waals surface area contributed by atoms with Gasteiger partial charge in [-0.2, -0.15) is 0 Å². The Bertz CT molecular complexity index is 3030. The molecular weight excluding hydrogens is 645 g/mol. The highest BCUT2D eigenvalue weighted by molar-refractivity contribution is 6.04. The van der Waals surface area contributed by atoms with E-state index < -0.39 is 5.41 Å². The van der Waals surface area contributed by atoms with Crippen molar-refractivity contribution in [1.29, 1.82) is 0 Å². The molecule has 4 nitrogen and oxygen atoms in total. The van der Waals surface area contributed by atoms with E-state index >= 15 is 0 Å². The Morgan fingerprint density at radius 2 is 0.906 bits per heavy atom. The van der Waals surface area contributed by atoms with Crippen molar-refractivity contribution < 1.29 is 0 Å². The third-order valence-electron chi connectivity index (χ3n) is 11.0. The molecule has 10 aromatic rings. The van der Waals surface area contributed by atoms with Crippen molar-refractivity contribution in [2.75, 3.05) is 0 Å². The Morgan fingerprint density at radius 3 is 1.57 bits per heavy atom. The lowest BCUT2D eigenvalue weighted by atomic mass is 9.69. The number of rotatable bonds is 4. The molecule has 0 bridgehead atoms. The number of fused-ring (bicyclic) bond motifs is 9. The Labute approximate surface area is 306 Å². The zero-order chi connectivity index (χ0) is 34.9. The highest BCUT2D eigenvalue weighted by atomic mass is 14.8. The molecule has 6 aromatic carbocycles. The van der Waals surface area contributed by atoms with Gasteiger partial charge in [-0.1, -0.05) is 140 Å². The van der Waals surface area contributed by atoms with Crippen molar-refractivity contribution in [3.8, 4) is 33.5 Å². The maximum absolute atomic E-state index is 5.55. The standard InChI is InChI=1S/C49H30N4/c1-3-14-41-39(12-1)40-13-2-4-15-42(40)49(41,44-27-25-36-23-21-34-10-7-29-51-46(34)48(36)53-44)38-11-5-8-37(30-38)31-16-18-32(19-17-31)43-26-24-35-22-20-33-9-6-28-50-45(33)47(35)52-43/h1-30H. The lowest BCUT2D eigenvalue weighted by molar-refractivity contribution is 0.740. The molecule has 0 amide bonds. The van der Waals surface area contributed by atoms with Gasteiger partial charge in [-0.05, 0) is 69.3 Å². The van der Waals surface area contributed by atoms with Crippen LogP contribution in [0.2, 0.25) is 0 Å². The fourth-order valence-electron chi connectivity index (χ4n) is 8.55. The van der Waals surface area contributed by atoms with E-state index in [9.17, 15) is 0 Å². The molecule has 4 heteroatoms. The lowest BCUT2D eigenvalue weighted by Crippen LogP contribution is -2.29. The second-order valence-corrected chi connectivity index (χ2v) is 13.8. The lowest BCUT2D eigenvalue weighted by Gasteiger charge is -2.33. The smallest absolute Gasteiger partial charge is 0.0972 e. The molecular formula is C49H30N4. The molecule has 0 spiro atoms. The van der Waals surface area contributed by atoms with E-state index in [1.807, 2.05) is 24.5 Å². The van der Waals surface area contributed by atoms with Crippen molar-refractivity contribution in [2.24, 2.45) is 0 Å². The molecule has 0 fully saturated rings. The van der Waals surface area contributed by atoms with E-state index in [1.54, 1.807) is 0 Å². The van der Waals surface area contributed by atoms with Gasteiger partial charge in [0.1, 0.15) is 0 Å². The molecule has 0 N–H and O–H groups in total. The van der Waals surface area contributed by atoms with Gasteiger partial charge in [0.15, 0.2) is 0 Å². The number of pyridine rings is 4. The van der Waals surface area contributed by atoms with Crippen molar-refractivity contribution in [1.82, 2.24) is 19.9 Å². The summed E-state index contributed by atoms with van der Waals surface area (Å²) >= 11 is 0. The zero-order valence-electron chi connectivity index (χ0n) is 28.6. The third-order valence-corrected chi connectivity index (χ3v) is 11.0. The summed E-state index contributed by atoms with van der Waals surface area (Å²) in [5.41, 5.74) is 14.4. The molecule has 246 valence electrons. The van der Waals surface area contributed by atoms with Crippen molar-refractivity contribution in [2.45, 2.75) is 5.41 Å². The minimum Gasteiger partial charge on any atom is -0.254 e. The van der Waals surface area contributed by atoms with Crippen LogP contribution in [0, 0.1) is 0 Å². The van der Waals surface area contributed by atoms with Gasteiger partial charge in [-0.15, -0.1) is 0 Å². The summed E-state index contributed by atoms with van der Waals surface area (Å²) in [6, 6.07) is 60.7. The van der Waals surface area contributed by atoms with Gasteiger partial charge in [0.25, 0.3) is 0 Å². The average Bonchev–Trinajstić information content (AvgIpc) is 3.54. The Kier molecular flexibility index (Phi) is 6.43. The molecule has 0 aliphatic heterocycles. The molecule has 4 heterocycles. The van der Waals surface area contributed by atoms with Crippen LogP contribution in [0.1, 0.15) is 22.4 Å². The molecule has 0 radical (unpaired) electrons. The average molecular weight is 675 g/mol. The summed E-state index contributed by atoms with van der Waals surface area (Å²) in [4.78, 5) is 20.1. The van der Waals surface area contributed by atoms with Gasteiger partial charge >= 0.3 is 0 Å². The highest BCUT2D eigenvalue weighted by Crippen LogP contribution is 2.56. The van der Waals surface area contributed by atoms with Gasteiger partial charge < -0.3 is 0 Å². The zero-order valence-corrected chi connectivity index (χ0v) is 28.6. The molecule has 1 aliphatic rings. The third kappa shape index (κ3) is 4.42. The van der Waals surface area contributed by atoms with E-state index in [2.05, 4.69) is 163 Å². The predicted octanol–water partition coefficient (Wildman–Crippen LogP) is 11.6. The number of benzene rings is 6. The minimum absolute atomic E-state index is 0.639. The maximum atomic E-state index is 5.55. The van der Waals surface area contributed by atoms with E-state index in [0.717, 1.165) is 71.7 Å². The van der Waals surface area contributed by atoms with Crippen LogP contribution in [0.25, 0.3) is 77.1 Å². The normalized spacial score (nSPS) is 13.1. The Hall–Kier alpha value is -7.04. The molecule has 0 atom stereocenters. The van der Waals surface area contributed by atoms with Crippen LogP contribution in [0.4, 0.5) is 0 Å². The SMILES string of the molecule is c1cc(-c2ccc(-c3ccc4ccc5cccnc5c4n3)cc2)cc(C2(c3ccc4ccc5cccnc5c4n3)c3ccccc3-c3ccccc32)c1. The second-order valence-electron chi connectivity index (χ2n) is 13.8. The predicted molar refractivity (Wildman–Crippen MR) is 216 cm³/mol. The Morgan fingerprint density at radius 1 is 0.358 bits per heavy atom. The van der Waals surface area contributed by atoms with Crippen LogP contribution in [0.15, 0.2) is 182 Å². The van der Waals surface area contributed by atoms with Gasteiger partial charge in [0.05, 0.1) is 38.9 Å². The molecule has 0 saturated carbocycles. The first-order valence-corrected chi connectivity index (χ1v) is 18.0. The first-order chi connectivity index (χ1) is 26.3. The maximum Gasteiger partial charge on any atom is 0.0972 e. The monoisotopic (exact) mass is 674 g/mol. The molecule has 4 aromatic heterocycles. The summed E-state index contributed by atoms with van der Waals surface area (Å²) in [5.74, 6) is 0. The van der Waals surface area contributed by atoms with Crippen molar-refractivity contribution in [3.63, 3.8) is 0 Å². The summed E-state index contributed by atoms with van der Waals surface area (Å²) in [7, 11) is 0. The molecule has 1 aliphatic carbocycles. The van der Waals surface area contributed by atoms with Crippen LogP contribution >= 0.6 is 0 Å². The molecule has 53 heavy (non-hydrogen) atoms. The second kappa shape index (κ2) is 11.5. The number of hydrogen-bond acceptors (Lipinski definition) is 4. The van der Waals surface area contributed by atoms with Gasteiger partial charge in [0.2, 0.25) is 0 Å². The molecule has 11 rings (SSSR count). The fraction of sp³-hybridized carbons (Fsp3) is 0.0204. The minimum atomic E-state index is -0.639. The van der Waals surface area contributed by atoms with E-state index in [0.29, 0.717) is 0 Å². The summed E-state index contributed by atoms with van der Waals surface area (Å²) in [6.07, 6.45) is 3.69. The van der Waals surface area contributed by atoms with Crippen LogP contribution in [-0.4, -0.2) is 19.9 Å². The first-order valence-electron chi connectivity index (χ1n) is 18.0. The van der Waals surface area contributed by atoms with Crippen LogP contribution in [0.3, 0.4) is 0 Å². The van der Waals surface area contributed by atoms with Crippen LogP contribution < -0.4 is 0 Å².